The van der Waals surface area contributed by atoms with Gasteiger partial charge in [0.1, 0.15) is 0 Å². The normalized spacial score (nSPS) is 19.7. The van der Waals surface area contributed by atoms with E-state index in [1.54, 1.807) is 4.90 Å². The van der Waals surface area contributed by atoms with Crippen molar-refractivity contribution in [1.82, 2.24) is 20.2 Å². The topological polar surface area (TPSA) is 82.2 Å². The number of hydrogen-bond donors (Lipinski definition) is 1. The molecule has 0 radical (unpaired) electrons. The summed E-state index contributed by atoms with van der Waals surface area (Å²) < 4.78 is 5.40. The van der Waals surface area contributed by atoms with Crippen molar-refractivity contribution in [2.75, 3.05) is 19.6 Å². The maximum absolute atomic E-state index is 13.7. The first-order chi connectivity index (χ1) is 15.8. The summed E-state index contributed by atoms with van der Waals surface area (Å²) in [5, 5.41) is 1.35. The molecule has 3 rings (SSSR count). The molecular formula is C25H38N4O4. The van der Waals surface area contributed by atoms with Gasteiger partial charge in [-0.15, -0.1) is 0 Å². The Labute approximate surface area is 197 Å². The first kappa shape index (κ1) is 25.0. The summed E-state index contributed by atoms with van der Waals surface area (Å²) in [6, 6.07) is 8.90. The van der Waals surface area contributed by atoms with E-state index in [0.29, 0.717) is 32.6 Å². The Morgan fingerprint density at radius 1 is 1.06 bits per heavy atom. The van der Waals surface area contributed by atoms with E-state index in [1.165, 1.54) is 5.01 Å². The number of carbonyl (C=O) groups is 3. The third kappa shape index (κ3) is 6.69. The zero-order valence-electron chi connectivity index (χ0n) is 20.3. The highest BCUT2D eigenvalue weighted by atomic mass is 16.6. The molecular weight excluding hydrogens is 420 g/mol. The molecule has 3 amide bonds. The number of carbonyl (C=O) groups excluding carboxylic acids is 3. The van der Waals surface area contributed by atoms with Crippen molar-refractivity contribution in [2.24, 2.45) is 11.8 Å². The van der Waals surface area contributed by atoms with Gasteiger partial charge in [0.2, 0.25) is 12.0 Å². The second-order valence-corrected chi connectivity index (χ2v) is 9.89. The van der Waals surface area contributed by atoms with Crippen LogP contribution in [-0.4, -0.2) is 64.6 Å². The average molecular weight is 459 g/mol. The molecule has 0 aromatic heterocycles. The van der Waals surface area contributed by atoms with Gasteiger partial charge >= 0.3 is 12.1 Å². The Hall–Kier alpha value is -2.61. The number of ether oxygens (including phenoxy) is 1. The fourth-order valence-electron chi connectivity index (χ4n) is 4.38. The van der Waals surface area contributed by atoms with Gasteiger partial charge in [0.15, 0.2) is 0 Å². The fraction of sp³-hybridized carbons (Fsp3) is 0.640. The molecule has 8 nitrogen and oxygen atoms in total. The van der Waals surface area contributed by atoms with Crippen LogP contribution in [0, 0.1) is 11.8 Å². The van der Waals surface area contributed by atoms with Gasteiger partial charge in [-0.25, -0.2) is 14.6 Å². The molecule has 2 atom stereocenters. The number of cyclic esters (lactones) is 1. The Morgan fingerprint density at radius 2 is 1.73 bits per heavy atom. The molecule has 1 aromatic carbocycles. The minimum atomic E-state index is -1.09. The van der Waals surface area contributed by atoms with Crippen LogP contribution >= 0.6 is 0 Å². The third-order valence-corrected chi connectivity index (χ3v) is 5.99. The molecule has 33 heavy (non-hydrogen) atoms. The van der Waals surface area contributed by atoms with Gasteiger partial charge in [-0.1, -0.05) is 58.0 Å². The van der Waals surface area contributed by atoms with Crippen LogP contribution in [0.2, 0.25) is 0 Å². The van der Waals surface area contributed by atoms with Crippen molar-refractivity contribution in [3.63, 3.8) is 0 Å². The number of ketones is 1. The van der Waals surface area contributed by atoms with Gasteiger partial charge in [0.05, 0.1) is 6.04 Å². The van der Waals surface area contributed by atoms with Crippen LogP contribution < -0.4 is 5.43 Å². The lowest BCUT2D eigenvalue weighted by Gasteiger charge is -2.38. The van der Waals surface area contributed by atoms with Crippen molar-refractivity contribution in [3.05, 3.63) is 35.9 Å². The summed E-state index contributed by atoms with van der Waals surface area (Å²) in [7, 11) is 0. The second kappa shape index (κ2) is 11.5. The lowest BCUT2D eigenvalue weighted by atomic mass is 9.97. The van der Waals surface area contributed by atoms with Crippen LogP contribution in [0.15, 0.2) is 30.3 Å². The highest BCUT2D eigenvalue weighted by molar-refractivity contribution is 5.93. The zero-order valence-corrected chi connectivity index (χ0v) is 20.3. The Kier molecular flexibility index (Phi) is 8.72. The lowest BCUT2D eigenvalue weighted by Crippen LogP contribution is -2.56. The Morgan fingerprint density at radius 3 is 2.33 bits per heavy atom. The van der Waals surface area contributed by atoms with Gasteiger partial charge in [0, 0.05) is 26.2 Å². The minimum Gasteiger partial charge on any atom is -0.420 e. The van der Waals surface area contributed by atoms with E-state index in [0.717, 1.165) is 24.8 Å². The number of hydrazine groups is 1. The van der Waals surface area contributed by atoms with Crippen molar-refractivity contribution in [2.45, 2.75) is 72.2 Å². The number of Topliss-reactive ketones (excluding diaryl/α,β-unsaturated/α-hetero) is 1. The average Bonchev–Trinajstić information content (AvgIpc) is 3.15. The van der Waals surface area contributed by atoms with Gasteiger partial charge in [-0.05, 0) is 43.1 Å². The Bertz CT molecular complexity index is 808. The molecule has 0 spiro atoms. The predicted molar refractivity (Wildman–Crippen MR) is 126 cm³/mol. The molecule has 1 aromatic rings. The number of hydrogen-bond acceptors (Lipinski definition) is 5. The number of piperidine rings is 1. The van der Waals surface area contributed by atoms with Gasteiger partial charge in [-0.3, -0.25) is 4.79 Å². The number of benzene rings is 1. The molecule has 2 aliphatic heterocycles. The Balaban J connectivity index is 1.87. The van der Waals surface area contributed by atoms with E-state index < -0.39 is 18.4 Å². The number of urea groups is 1. The quantitative estimate of drug-likeness (QED) is 0.604. The number of rotatable bonds is 9. The van der Waals surface area contributed by atoms with Crippen molar-refractivity contribution in [3.8, 4) is 0 Å². The van der Waals surface area contributed by atoms with Crippen LogP contribution in [0.1, 0.15) is 58.9 Å². The second-order valence-electron chi connectivity index (χ2n) is 9.89. The molecule has 2 unspecified atom stereocenters. The van der Waals surface area contributed by atoms with Crippen LogP contribution in [0.25, 0.3) is 0 Å². The smallest absolute Gasteiger partial charge is 0.420 e. The molecule has 2 fully saturated rings. The molecule has 0 bridgehead atoms. The summed E-state index contributed by atoms with van der Waals surface area (Å²) in [6.45, 7) is 10.2. The van der Waals surface area contributed by atoms with Crippen molar-refractivity contribution in [1.29, 1.82) is 0 Å². The molecule has 182 valence electrons. The summed E-state index contributed by atoms with van der Waals surface area (Å²) >= 11 is 0. The highest BCUT2D eigenvalue weighted by Crippen LogP contribution is 2.23. The van der Waals surface area contributed by atoms with E-state index in [9.17, 15) is 14.4 Å². The SMILES string of the molecule is CC(C)CC(C(=O)C1NN(CC(C)C)C(=O)O1)N(Cc1ccccc1)C(=O)N1CCCCC1. The van der Waals surface area contributed by atoms with E-state index in [-0.39, 0.29) is 23.7 Å². The van der Waals surface area contributed by atoms with E-state index in [4.69, 9.17) is 4.74 Å². The lowest BCUT2D eigenvalue weighted by molar-refractivity contribution is -0.133. The van der Waals surface area contributed by atoms with Crippen LogP contribution in [0.3, 0.4) is 0 Å². The number of likely N-dealkylation sites (tertiary alicyclic amines) is 1. The highest BCUT2D eigenvalue weighted by Gasteiger charge is 2.43. The fourth-order valence-corrected chi connectivity index (χ4v) is 4.38. The van der Waals surface area contributed by atoms with E-state index in [1.807, 2.05) is 62.9 Å². The summed E-state index contributed by atoms with van der Waals surface area (Å²) in [5.74, 6) is 0.112. The maximum Gasteiger partial charge on any atom is 0.426 e. The molecule has 2 saturated heterocycles. The molecule has 0 saturated carbocycles. The maximum atomic E-state index is 13.7. The molecule has 8 heteroatoms. The predicted octanol–water partition coefficient (Wildman–Crippen LogP) is 4.02. The molecule has 0 aliphatic carbocycles. The third-order valence-electron chi connectivity index (χ3n) is 5.99. The number of nitrogens with zero attached hydrogens (tertiary/aromatic N) is 3. The van der Waals surface area contributed by atoms with Crippen molar-refractivity contribution < 1.29 is 19.1 Å². The monoisotopic (exact) mass is 458 g/mol. The minimum absolute atomic E-state index is 0.124. The van der Waals surface area contributed by atoms with Crippen LogP contribution in [0.5, 0.6) is 0 Å². The van der Waals surface area contributed by atoms with Gasteiger partial charge in [0.25, 0.3) is 0 Å². The van der Waals surface area contributed by atoms with Crippen LogP contribution in [-0.2, 0) is 16.1 Å². The van der Waals surface area contributed by atoms with Crippen LogP contribution in [0.4, 0.5) is 9.59 Å². The summed E-state index contributed by atoms with van der Waals surface area (Å²) in [6.07, 6.45) is 1.91. The summed E-state index contributed by atoms with van der Waals surface area (Å²) in [5.41, 5.74) is 3.88. The summed E-state index contributed by atoms with van der Waals surface area (Å²) in [4.78, 5) is 43.2. The van der Waals surface area contributed by atoms with Gasteiger partial charge < -0.3 is 14.5 Å². The standard InChI is InChI=1S/C25H38N4O4/c1-18(2)15-21(22(30)23-26-29(16-19(3)4)25(32)33-23)28(17-20-11-7-5-8-12-20)24(31)27-13-9-6-10-14-27/h5,7-8,11-12,18-19,21,23,26H,6,9-10,13-17H2,1-4H3. The van der Waals surface area contributed by atoms with E-state index in [2.05, 4.69) is 5.43 Å². The number of nitrogens with one attached hydrogen (secondary N) is 1. The molecule has 1 N–H and O–H groups in total. The zero-order chi connectivity index (χ0) is 24.0. The van der Waals surface area contributed by atoms with Gasteiger partial charge in [-0.2, -0.15) is 5.43 Å². The number of amides is 3. The molecule has 2 heterocycles. The first-order valence-electron chi connectivity index (χ1n) is 12.1. The largest absolute Gasteiger partial charge is 0.426 e. The van der Waals surface area contributed by atoms with E-state index >= 15 is 0 Å². The first-order valence-corrected chi connectivity index (χ1v) is 12.1. The molecule has 2 aliphatic rings. The van der Waals surface area contributed by atoms with Crippen molar-refractivity contribution >= 4 is 17.9 Å².